The van der Waals surface area contributed by atoms with E-state index in [0.29, 0.717) is 31.3 Å². The highest BCUT2D eigenvalue weighted by atomic mass is 19.1. The van der Waals surface area contributed by atoms with Gasteiger partial charge in [-0.15, -0.1) is 0 Å². The number of nitrogens with zero attached hydrogens (tertiary/aromatic N) is 3. The van der Waals surface area contributed by atoms with E-state index in [1.807, 2.05) is 58.0 Å². The van der Waals surface area contributed by atoms with Crippen molar-refractivity contribution in [3.63, 3.8) is 0 Å². The number of benzene rings is 2. The van der Waals surface area contributed by atoms with Crippen molar-refractivity contribution in [2.75, 3.05) is 19.8 Å². The lowest BCUT2D eigenvalue weighted by Crippen LogP contribution is -2.39. The Labute approximate surface area is 193 Å². The van der Waals surface area contributed by atoms with E-state index in [2.05, 4.69) is 10.00 Å². The van der Waals surface area contributed by atoms with E-state index in [0.717, 1.165) is 23.4 Å². The largest absolute Gasteiger partial charge is 0.435 e. The maximum absolute atomic E-state index is 14.4. The van der Waals surface area contributed by atoms with E-state index in [4.69, 9.17) is 9.47 Å². The van der Waals surface area contributed by atoms with E-state index >= 15 is 0 Å². The van der Waals surface area contributed by atoms with E-state index in [1.54, 1.807) is 4.68 Å². The van der Waals surface area contributed by atoms with Gasteiger partial charge in [-0.05, 0) is 52.0 Å². The van der Waals surface area contributed by atoms with Gasteiger partial charge in [-0.25, -0.2) is 13.5 Å². The van der Waals surface area contributed by atoms with Gasteiger partial charge in [-0.2, -0.15) is 5.10 Å². The number of halogens is 2. The maximum Gasteiger partial charge on any atom is 0.227 e. The Morgan fingerprint density at radius 3 is 2.48 bits per heavy atom. The summed E-state index contributed by atoms with van der Waals surface area (Å²) < 4.78 is 40.8. The van der Waals surface area contributed by atoms with Crippen molar-refractivity contribution in [3.8, 4) is 17.3 Å². The minimum atomic E-state index is -0.799. The van der Waals surface area contributed by atoms with Crippen molar-refractivity contribution in [2.45, 2.75) is 46.4 Å². The van der Waals surface area contributed by atoms with Crippen LogP contribution >= 0.6 is 0 Å². The standard InChI is InChI=1S/C25H31F2N3O3/c1-5-32-16-21(31)14-29(17(2)3)15-22-18(4)28-30(20-9-7-6-8-10-20)25(22)33-24-12-11-19(26)13-23(24)27/h6-13,17,21,31H,5,14-16H2,1-4H3/t21-/m1/s1. The number of aryl methyl sites for hydroxylation is 1. The topological polar surface area (TPSA) is 59.8 Å². The minimum Gasteiger partial charge on any atom is -0.435 e. The van der Waals surface area contributed by atoms with Crippen molar-refractivity contribution in [1.29, 1.82) is 0 Å². The minimum absolute atomic E-state index is 0.0952. The van der Waals surface area contributed by atoms with Crippen LogP contribution in [0.3, 0.4) is 0 Å². The van der Waals surface area contributed by atoms with Gasteiger partial charge in [0.25, 0.3) is 0 Å². The number of aromatic nitrogens is 2. The van der Waals surface area contributed by atoms with Crippen LogP contribution < -0.4 is 4.74 Å². The van der Waals surface area contributed by atoms with Crippen molar-refractivity contribution in [2.24, 2.45) is 0 Å². The highest BCUT2D eigenvalue weighted by molar-refractivity contribution is 5.43. The fourth-order valence-electron chi connectivity index (χ4n) is 3.47. The molecule has 1 heterocycles. The van der Waals surface area contributed by atoms with E-state index in [9.17, 15) is 13.9 Å². The summed E-state index contributed by atoms with van der Waals surface area (Å²) in [5.74, 6) is -1.23. The van der Waals surface area contributed by atoms with Gasteiger partial charge in [0.15, 0.2) is 11.6 Å². The molecule has 2 aromatic carbocycles. The van der Waals surface area contributed by atoms with Crippen LogP contribution in [-0.2, 0) is 11.3 Å². The molecule has 0 bridgehead atoms. The molecule has 0 spiro atoms. The van der Waals surface area contributed by atoms with Crippen LogP contribution in [-0.4, -0.2) is 51.7 Å². The number of hydrogen-bond acceptors (Lipinski definition) is 5. The molecule has 8 heteroatoms. The summed E-state index contributed by atoms with van der Waals surface area (Å²) in [6.07, 6.45) is -0.657. The first-order chi connectivity index (χ1) is 15.8. The van der Waals surface area contributed by atoms with Crippen LogP contribution in [0, 0.1) is 18.6 Å². The zero-order valence-corrected chi connectivity index (χ0v) is 19.5. The van der Waals surface area contributed by atoms with Crippen LogP contribution in [0.25, 0.3) is 5.69 Å². The van der Waals surface area contributed by atoms with E-state index in [-0.39, 0.29) is 18.4 Å². The summed E-state index contributed by atoms with van der Waals surface area (Å²) in [7, 11) is 0. The molecule has 6 nitrogen and oxygen atoms in total. The number of hydrogen-bond donors (Lipinski definition) is 1. The summed E-state index contributed by atoms with van der Waals surface area (Å²) in [5.41, 5.74) is 2.21. The molecular formula is C25H31F2N3O3. The third-order valence-corrected chi connectivity index (χ3v) is 5.29. The summed E-state index contributed by atoms with van der Waals surface area (Å²) in [4.78, 5) is 2.08. The molecule has 0 unspecified atom stereocenters. The summed E-state index contributed by atoms with van der Waals surface area (Å²) in [6, 6.07) is 12.7. The van der Waals surface area contributed by atoms with Crippen LogP contribution in [0.5, 0.6) is 11.6 Å². The molecule has 1 N–H and O–H groups in total. The number of aliphatic hydroxyl groups excluding tert-OH is 1. The SMILES string of the molecule is CCOC[C@H](O)CN(Cc1c(C)nn(-c2ccccc2)c1Oc1ccc(F)cc1F)C(C)C. The van der Waals surface area contributed by atoms with Gasteiger partial charge < -0.3 is 14.6 Å². The normalized spacial score (nSPS) is 12.5. The fraction of sp³-hybridized carbons (Fsp3) is 0.400. The van der Waals surface area contributed by atoms with Gasteiger partial charge in [0, 0.05) is 31.8 Å². The van der Waals surface area contributed by atoms with Crippen LogP contribution in [0.4, 0.5) is 8.78 Å². The molecule has 0 aliphatic rings. The Morgan fingerprint density at radius 1 is 1.12 bits per heavy atom. The predicted molar refractivity (Wildman–Crippen MR) is 123 cm³/mol. The second-order valence-corrected chi connectivity index (χ2v) is 8.13. The van der Waals surface area contributed by atoms with Crippen LogP contribution in [0.2, 0.25) is 0 Å². The second kappa shape index (κ2) is 11.4. The third-order valence-electron chi connectivity index (χ3n) is 5.29. The second-order valence-electron chi connectivity index (χ2n) is 8.13. The van der Waals surface area contributed by atoms with Crippen molar-refractivity contribution in [3.05, 3.63) is 71.4 Å². The Balaban J connectivity index is 2.00. The number of para-hydroxylation sites is 1. The van der Waals surface area contributed by atoms with Gasteiger partial charge in [0.05, 0.1) is 29.7 Å². The lowest BCUT2D eigenvalue weighted by molar-refractivity contribution is 0.0131. The fourth-order valence-corrected chi connectivity index (χ4v) is 3.47. The third kappa shape index (κ3) is 6.37. The number of rotatable bonds is 11. The van der Waals surface area contributed by atoms with E-state index in [1.165, 1.54) is 6.07 Å². The van der Waals surface area contributed by atoms with Gasteiger partial charge >= 0.3 is 0 Å². The zero-order chi connectivity index (χ0) is 24.0. The first-order valence-corrected chi connectivity index (χ1v) is 11.1. The van der Waals surface area contributed by atoms with Gasteiger partial charge in [0.1, 0.15) is 5.82 Å². The monoisotopic (exact) mass is 459 g/mol. The van der Waals surface area contributed by atoms with Crippen molar-refractivity contribution >= 4 is 0 Å². The molecular weight excluding hydrogens is 428 g/mol. The Hall–Kier alpha value is -2.81. The molecule has 3 aromatic rings. The van der Waals surface area contributed by atoms with Gasteiger partial charge in [0.2, 0.25) is 5.88 Å². The molecule has 0 aliphatic heterocycles. The molecule has 0 radical (unpaired) electrons. The molecule has 178 valence electrons. The first-order valence-electron chi connectivity index (χ1n) is 11.1. The van der Waals surface area contributed by atoms with Gasteiger partial charge in [-0.3, -0.25) is 4.90 Å². The van der Waals surface area contributed by atoms with Crippen LogP contribution in [0.1, 0.15) is 32.0 Å². The predicted octanol–water partition coefficient (Wildman–Crippen LogP) is 4.86. The molecule has 1 aromatic heterocycles. The molecule has 0 saturated carbocycles. The summed E-state index contributed by atoms with van der Waals surface area (Å²) >= 11 is 0. The van der Waals surface area contributed by atoms with Crippen molar-refractivity contribution in [1.82, 2.24) is 14.7 Å². The first kappa shape index (κ1) is 24.8. The molecule has 0 fully saturated rings. The lowest BCUT2D eigenvalue weighted by atomic mass is 10.2. The highest BCUT2D eigenvalue weighted by Crippen LogP contribution is 2.33. The Bertz CT molecular complexity index is 1040. The van der Waals surface area contributed by atoms with Crippen LogP contribution in [0.15, 0.2) is 48.5 Å². The van der Waals surface area contributed by atoms with Crippen molar-refractivity contribution < 1.29 is 23.4 Å². The quantitative estimate of drug-likeness (QED) is 0.444. The molecule has 1 atom stereocenters. The summed E-state index contributed by atoms with van der Waals surface area (Å²) in [5, 5.41) is 15.0. The Kier molecular flexibility index (Phi) is 8.55. The summed E-state index contributed by atoms with van der Waals surface area (Å²) in [6.45, 7) is 9.38. The molecule has 0 aliphatic carbocycles. The number of ether oxygens (including phenoxy) is 2. The number of aliphatic hydroxyl groups is 1. The molecule has 3 rings (SSSR count). The zero-order valence-electron chi connectivity index (χ0n) is 19.5. The van der Waals surface area contributed by atoms with Gasteiger partial charge in [-0.1, -0.05) is 18.2 Å². The molecule has 33 heavy (non-hydrogen) atoms. The molecule has 0 amide bonds. The lowest BCUT2D eigenvalue weighted by Gasteiger charge is -2.29. The average molecular weight is 460 g/mol. The molecule has 0 saturated heterocycles. The highest BCUT2D eigenvalue weighted by Gasteiger charge is 2.24. The Morgan fingerprint density at radius 2 is 1.85 bits per heavy atom. The average Bonchev–Trinajstić information content (AvgIpc) is 3.09. The maximum atomic E-state index is 14.4. The smallest absolute Gasteiger partial charge is 0.227 e. The van der Waals surface area contributed by atoms with E-state index < -0.39 is 17.7 Å².